The summed E-state index contributed by atoms with van der Waals surface area (Å²) in [5, 5.41) is 4.66. The van der Waals surface area contributed by atoms with E-state index in [9.17, 15) is 0 Å². The van der Waals surface area contributed by atoms with Crippen molar-refractivity contribution in [3.8, 4) is 11.2 Å². The monoisotopic (exact) mass is 140 g/mol. The topological polar surface area (TPSA) is 0 Å². The fourth-order valence-electron chi connectivity index (χ4n) is 0.224. The van der Waals surface area contributed by atoms with Crippen molar-refractivity contribution in [3.05, 3.63) is 12.0 Å². The van der Waals surface area contributed by atoms with E-state index in [4.69, 9.17) is 0 Å². The third-order valence-electron chi connectivity index (χ3n) is 0.568. The van der Waals surface area contributed by atoms with Crippen LogP contribution in [0.4, 0.5) is 0 Å². The first-order chi connectivity index (χ1) is 4.06. The Hall–Kier alpha value is -0.350. The second kappa shape index (κ2) is 3.63. The van der Waals surface area contributed by atoms with E-state index in [1.807, 2.05) is 0 Å². The average Bonchev–Trinajstić information content (AvgIpc) is 1.63. The molecule has 0 saturated heterocycles. The van der Waals surface area contributed by atoms with E-state index in [0.29, 0.717) is 0 Å². The van der Waals surface area contributed by atoms with Crippen LogP contribution in [-0.4, -0.2) is 0 Å². The Morgan fingerprint density at radius 2 is 2.00 bits per heavy atom. The molecular formula is C8H12S. The highest BCUT2D eigenvalue weighted by atomic mass is 32.2. The fraction of sp³-hybridized carbons (Fsp3) is 0.500. The highest BCUT2D eigenvalue weighted by Crippen LogP contribution is 2.11. The number of thioether (sulfide) groups is 1. The van der Waals surface area contributed by atoms with E-state index in [1.54, 1.807) is 5.41 Å². The Labute approximate surface area is 61.7 Å². The van der Waals surface area contributed by atoms with Crippen molar-refractivity contribution in [2.24, 2.45) is 5.41 Å². The lowest BCUT2D eigenvalue weighted by atomic mass is 9.99. The van der Waals surface area contributed by atoms with Gasteiger partial charge in [-0.3, -0.25) is 0 Å². The zero-order chi connectivity index (χ0) is 7.33. The summed E-state index contributed by atoms with van der Waals surface area (Å²) in [5.41, 5.74) is 0.121. The second-order valence-corrected chi connectivity index (χ2v) is 3.53. The van der Waals surface area contributed by atoms with Gasteiger partial charge in [-0.05, 0) is 43.2 Å². The van der Waals surface area contributed by atoms with Crippen molar-refractivity contribution in [3.63, 3.8) is 0 Å². The molecule has 9 heavy (non-hydrogen) atoms. The molecule has 0 nitrogen and oxygen atoms in total. The molecule has 50 valence electrons. The Morgan fingerprint density at radius 3 is 2.33 bits per heavy atom. The molecule has 0 fully saturated rings. The standard InChI is InChI=1S/C8H12S/c1-5-9-7-6-8(2,3)4/h5H,1H2,2-4H3. The molecule has 0 aliphatic heterocycles. The summed E-state index contributed by atoms with van der Waals surface area (Å²) >= 11 is 1.44. The van der Waals surface area contributed by atoms with Gasteiger partial charge in [0, 0.05) is 5.41 Å². The minimum Gasteiger partial charge on any atom is -0.0917 e. The zero-order valence-electron chi connectivity index (χ0n) is 6.19. The van der Waals surface area contributed by atoms with Gasteiger partial charge in [0.1, 0.15) is 0 Å². The van der Waals surface area contributed by atoms with Gasteiger partial charge in [0.25, 0.3) is 0 Å². The molecule has 0 atom stereocenters. The molecule has 0 aliphatic rings. The van der Waals surface area contributed by atoms with Crippen LogP contribution < -0.4 is 0 Å². The molecule has 0 aliphatic carbocycles. The Bertz CT molecular complexity index is 140. The highest BCUT2D eigenvalue weighted by Gasteiger charge is 2.02. The number of rotatable bonds is 1. The van der Waals surface area contributed by atoms with Gasteiger partial charge >= 0.3 is 0 Å². The minimum atomic E-state index is 0.121. The van der Waals surface area contributed by atoms with Crippen molar-refractivity contribution in [2.75, 3.05) is 0 Å². The molecule has 0 bridgehead atoms. The van der Waals surface area contributed by atoms with Crippen LogP contribution in [0.15, 0.2) is 12.0 Å². The maximum Gasteiger partial charge on any atom is 0.0239 e. The van der Waals surface area contributed by atoms with E-state index < -0.39 is 0 Å². The van der Waals surface area contributed by atoms with Gasteiger partial charge in [0.05, 0.1) is 0 Å². The van der Waals surface area contributed by atoms with Gasteiger partial charge in [-0.2, -0.15) is 0 Å². The van der Waals surface area contributed by atoms with Crippen LogP contribution in [0.3, 0.4) is 0 Å². The largest absolute Gasteiger partial charge is 0.0917 e. The number of hydrogen-bond acceptors (Lipinski definition) is 1. The van der Waals surface area contributed by atoms with Crippen molar-refractivity contribution >= 4 is 11.8 Å². The highest BCUT2D eigenvalue weighted by molar-refractivity contribution is 8.06. The van der Waals surface area contributed by atoms with Crippen LogP contribution in [0.5, 0.6) is 0 Å². The van der Waals surface area contributed by atoms with E-state index >= 15 is 0 Å². The minimum absolute atomic E-state index is 0.121. The van der Waals surface area contributed by atoms with Crippen LogP contribution >= 0.6 is 11.8 Å². The summed E-state index contributed by atoms with van der Waals surface area (Å²) in [6.07, 6.45) is 0. The Kier molecular flexibility index (Phi) is 3.49. The van der Waals surface area contributed by atoms with Crippen molar-refractivity contribution in [1.82, 2.24) is 0 Å². The summed E-state index contributed by atoms with van der Waals surface area (Å²) in [4.78, 5) is 0. The molecule has 0 N–H and O–H groups in total. The second-order valence-electron chi connectivity index (χ2n) is 2.76. The normalized spacial score (nSPS) is 9.67. The number of hydrogen-bond donors (Lipinski definition) is 0. The Morgan fingerprint density at radius 1 is 1.44 bits per heavy atom. The molecular weight excluding hydrogens is 128 g/mol. The Balaban J connectivity index is 3.72. The molecule has 0 aromatic rings. The van der Waals surface area contributed by atoms with Crippen molar-refractivity contribution in [2.45, 2.75) is 20.8 Å². The van der Waals surface area contributed by atoms with Crippen LogP contribution in [0.2, 0.25) is 0 Å². The van der Waals surface area contributed by atoms with Gasteiger partial charge in [0.15, 0.2) is 0 Å². The maximum absolute atomic E-state index is 3.54. The molecule has 0 aromatic heterocycles. The van der Waals surface area contributed by atoms with E-state index in [0.717, 1.165) is 0 Å². The summed E-state index contributed by atoms with van der Waals surface area (Å²) < 4.78 is 0. The lowest BCUT2D eigenvalue weighted by Crippen LogP contribution is -1.98. The lowest BCUT2D eigenvalue weighted by Gasteiger charge is -2.05. The average molecular weight is 140 g/mol. The van der Waals surface area contributed by atoms with Crippen LogP contribution in [0.25, 0.3) is 0 Å². The fourth-order valence-corrected chi connectivity index (χ4v) is 0.673. The third kappa shape index (κ3) is 7.65. The van der Waals surface area contributed by atoms with Gasteiger partial charge in [-0.1, -0.05) is 12.5 Å². The molecule has 0 unspecified atom stereocenters. The van der Waals surface area contributed by atoms with Crippen LogP contribution in [-0.2, 0) is 0 Å². The summed E-state index contributed by atoms with van der Waals surface area (Å²) in [6.45, 7) is 9.80. The summed E-state index contributed by atoms with van der Waals surface area (Å²) in [5.74, 6) is 3.06. The maximum atomic E-state index is 3.54. The molecule has 0 aromatic carbocycles. The van der Waals surface area contributed by atoms with Gasteiger partial charge < -0.3 is 0 Å². The molecule has 0 amide bonds. The van der Waals surface area contributed by atoms with Crippen LogP contribution in [0.1, 0.15) is 20.8 Å². The molecule has 1 heteroatoms. The third-order valence-corrected chi connectivity index (χ3v) is 0.955. The summed E-state index contributed by atoms with van der Waals surface area (Å²) in [6, 6.07) is 0. The lowest BCUT2D eigenvalue weighted by molar-refractivity contribution is 0.571. The van der Waals surface area contributed by atoms with Gasteiger partial charge in [-0.25, -0.2) is 0 Å². The first-order valence-electron chi connectivity index (χ1n) is 2.85. The quantitative estimate of drug-likeness (QED) is 0.505. The SMILES string of the molecule is C=CSC#CC(C)(C)C. The van der Waals surface area contributed by atoms with E-state index in [1.165, 1.54) is 11.8 Å². The predicted molar refractivity (Wildman–Crippen MR) is 45.0 cm³/mol. The predicted octanol–water partition coefficient (Wildman–Crippen LogP) is 2.87. The van der Waals surface area contributed by atoms with Crippen LogP contribution in [0, 0.1) is 16.6 Å². The zero-order valence-corrected chi connectivity index (χ0v) is 7.01. The van der Waals surface area contributed by atoms with Crippen molar-refractivity contribution in [1.29, 1.82) is 0 Å². The summed E-state index contributed by atoms with van der Waals surface area (Å²) in [7, 11) is 0. The molecule has 0 radical (unpaired) electrons. The van der Waals surface area contributed by atoms with Gasteiger partial charge in [0.2, 0.25) is 0 Å². The molecule has 0 heterocycles. The van der Waals surface area contributed by atoms with E-state index in [2.05, 4.69) is 38.5 Å². The molecule has 0 saturated carbocycles. The van der Waals surface area contributed by atoms with Gasteiger partial charge in [-0.15, -0.1) is 0 Å². The molecule has 0 rings (SSSR count). The smallest absolute Gasteiger partial charge is 0.0239 e. The first kappa shape index (κ1) is 8.65. The first-order valence-corrected chi connectivity index (χ1v) is 3.73. The van der Waals surface area contributed by atoms with Crippen molar-refractivity contribution < 1.29 is 0 Å². The van der Waals surface area contributed by atoms with E-state index in [-0.39, 0.29) is 5.41 Å². The molecule has 0 spiro atoms.